The highest BCUT2D eigenvalue weighted by atomic mass is 16.4. The molecule has 0 aliphatic rings. The molecule has 0 bridgehead atoms. The molecule has 20 heavy (non-hydrogen) atoms. The molecule has 0 saturated carbocycles. The SMILES string of the molecule is Cc1ccc(CNC(=O)NCC(CC(C)C)C(=O)O)o1. The minimum absolute atomic E-state index is 0.122. The van der Waals surface area contributed by atoms with E-state index < -0.39 is 17.9 Å². The Kier molecular flexibility index (Phi) is 6.09. The van der Waals surface area contributed by atoms with Crippen molar-refractivity contribution in [2.75, 3.05) is 6.54 Å². The highest BCUT2D eigenvalue weighted by Gasteiger charge is 2.19. The van der Waals surface area contributed by atoms with Crippen LogP contribution in [-0.2, 0) is 11.3 Å². The Labute approximate surface area is 118 Å². The van der Waals surface area contributed by atoms with E-state index in [2.05, 4.69) is 10.6 Å². The van der Waals surface area contributed by atoms with Crippen LogP contribution in [0.4, 0.5) is 4.79 Å². The number of hydrogen-bond acceptors (Lipinski definition) is 3. The number of nitrogens with one attached hydrogen (secondary N) is 2. The Hall–Kier alpha value is -1.98. The molecule has 112 valence electrons. The molecule has 0 aromatic carbocycles. The molecule has 0 aliphatic heterocycles. The van der Waals surface area contributed by atoms with E-state index in [0.717, 1.165) is 5.76 Å². The van der Waals surface area contributed by atoms with Gasteiger partial charge in [-0.2, -0.15) is 0 Å². The number of carbonyl (C=O) groups is 2. The molecule has 1 aromatic heterocycles. The van der Waals surface area contributed by atoms with E-state index in [1.54, 1.807) is 6.07 Å². The zero-order valence-electron chi connectivity index (χ0n) is 12.1. The lowest BCUT2D eigenvalue weighted by molar-refractivity contribution is -0.142. The van der Waals surface area contributed by atoms with Gasteiger partial charge in [0.1, 0.15) is 11.5 Å². The van der Waals surface area contributed by atoms with E-state index >= 15 is 0 Å². The number of carbonyl (C=O) groups excluding carboxylic acids is 1. The third kappa shape index (κ3) is 5.77. The summed E-state index contributed by atoms with van der Waals surface area (Å²) in [5.41, 5.74) is 0. The summed E-state index contributed by atoms with van der Waals surface area (Å²) in [5.74, 6) is 0.263. The van der Waals surface area contributed by atoms with Crippen molar-refractivity contribution in [3.8, 4) is 0 Å². The number of furan rings is 1. The lowest BCUT2D eigenvalue weighted by Gasteiger charge is -2.15. The first-order valence-corrected chi connectivity index (χ1v) is 6.68. The van der Waals surface area contributed by atoms with Crippen molar-refractivity contribution in [1.29, 1.82) is 0 Å². The third-order valence-corrected chi connectivity index (χ3v) is 2.83. The zero-order chi connectivity index (χ0) is 15.1. The molecule has 1 heterocycles. The molecule has 0 radical (unpaired) electrons. The topological polar surface area (TPSA) is 91.6 Å². The van der Waals surface area contributed by atoms with E-state index in [9.17, 15) is 9.59 Å². The Morgan fingerprint density at radius 3 is 2.50 bits per heavy atom. The van der Waals surface area contributed by atoms with Gasteiger partial charge < -0.3 is 20.2 Å². The minimum atomic E-state index is -0.888. The van der Waals surface area contributed by atoms with Crippen LogP contribution in [-0.4, -0.2) is 23.7 Å². The number of urea groups is 1. The smallest absolute Gasteiger partial charge is 0.315 e. The van der Waals surface area contributed by atoms with Gasteiger partial charge in [0.05, 0.1) is 12.5 Å². The molecule has 1 aromatic rings. The molecule has 1 atom stereocenters. The van der Waals surface area contributed by atoms with E-state index in [0.29, 0.717) is 12.2 Å². The highest BCUT2D eigenvalue weighted by Crippen LogP contribution is 2.11. The Morgan fingerprint density at radius 1 is 1.30 bits per heavy atom. The average molecular weight is 282 g/mol. The van der Waals surface area contributed by atoms with Gasteiger partial charge in [0, 0.05) is 6.54 Å². The van der Waals surface area contributed by atoms with Crippen LogP contribution in [0.5, 0.6) is 0 Å². The van der Waals surface area contributed by atoms with Crippen LogP contribution in [0.3, 0.4) is 0 Å². The number of carboxylic acid groups (broad SMARTS) is 1. The second-order valence-corrected chi connectivity index (χ2v) is 5.24. The molecule has 0 spiro atoms. The lowest BCUT2D eigenvalue weighted by atomic mass is 9.97. The van der Waals surface area contributed by atoms with Crippen molar-refractivity contribution < 1.29 is 19.1 Å². The number of aliphatic carboxylic acids is 1. The van der Waals surface area contributed by atoms with E-state index in [1.807, 2.05) is 26.8 Å². The normalized spacial score (nSPS) is 12.2. The van der Waals surface area contributed by atoms with Gasteiger partial charge in [-0.3, -0.25) is 4.79 Å². The van der Waals surface area contributed by atoms with E-state index in [-0.39, 0.29) is 19.0 Å². The molecule has 6 nitrogen and oxygen atoms in total. The molecule has 3 N–H and O–H groups in total. The van der Waals surface area contributed by atoms with Crippen LogP contribution in [0, 0.1) is 18.8 Å². The highest BCUT2D eigenvalue weighted by molar-refractivity contribution is 5.75. The van der Waals surface area contributed by atoms with Crippen molar-refractivity contribution in [3.63, 3.8) is 0 Å². The summed E-state index contributed by atoms with van der Waals surface area (Å²) >= 11 is 0. The molecule has 1 unspecified atom stereocenters. The van der Waals surface area contributed by atoms with Gasteiger partial charge >= 0.3 is 12.0 Å². The largest absolute Gasteiger partial charge is 0.481 e. The molecule has 0 fully saturated rings. The van der Waals surface area contributed by atoms with Crippen LogP contribution < -0.4 is 10.6 Å². The molecule has 6 heteroatoms. The minimum Gasteiger partial charge on any atom is -0.481 e. The van der Waals surface area contributed by atoms with Gasteiger partial charge in [0.25, 0.3) is 0 Å². The predicted octanol–water partition coefficient (Wildman–Crippen LogP) is 2.13. The molecule has 0 saturated heterocycles. The van der Waals surface area contributed by atoms with Gasteiger partial charge in [-0.1, -0.05) is 13.8 Å². The van der Waals surface area contributed by atoms with Gasteiger partial charge in [-0.25, -0.2) is 4.79 Å². The van der Waals surface area contributed by atoms with Crippen LogP contribution in [0.2, 0.25) is 0 Å². The van der Waals surface area contributed by atoms with Crippen LogP contribution in [0.15, 0.2) is 16.5 Å². The fourth-order valence-electron chi connectivity index (χ4n) is 1.87. The number of hydrogen-bond donors (Lipinski definition) is 3. The molecule has 1 rings (SSSR count). The maximum absolute atomic E-state index is 11.6. The monoisotopic (exact) mass is 282 g/mol. The summed E-state index contributed by atoms with van der Waals surface area (Å²) in [4.78, 5) is 22.6. The lowest BCUT2D eigenvalue weighted by Crippen LogP contribution is -2.39. The number of amides is 2. The summed E-state index contributed by atoms with van der Waals surface area (Å²) in [6, 6.07) is 3.21. The van der Waals surface area contributed by atoms with Crippen molar-refractivity contribution in [2.24, 2.45) is 11.8 Å². The number of carboxylic acids is 1. The van der Waals surface area contributed by atoms with Crippen molar-refractivity contribution in [1.82, 2.24) is 10.6 Å². The second-order valence-electron chi connectivity index (χ2n) is 5.24. The molecular weight excluding hydrogens is 260 g/mol. The first-order chi connectivity index (χ1) is 9.38. The summed E-state index contributed by atoms with van der Waals surface area (Å²) in [5, 5.41) is 14.3. The van der Waals surface area contributed by atoms with Crippen molar-refractivity contribution in [3.05, 3.63) is 23.7 Å². The third-order valence-electron chi connectivity index (χ3n) is 2.83. The number of rotatable bonds is 7. The number of aryl methyl sites for hydroxylation is 1. The Bertz CT molecular complexity index is 454. The van der Waals surface area contributed by atoms with Gasteiger partial charge in [0.2, 0.25) is 0 Å². The van der Waals surface area contributed by atoms with Gasteiger partial charge in [-0.05, 0) is 31.4 Å². The van der Waals surface area contributed by atoms with Crippen LogP contribution in [0.25, 0.3) is 0 Å². The predicted molar refractivity (Wildman–Crippen MR) is 74.3 cm³/mol. The van der Waals surface area contributed by atoms with Crippen LogP contribution >= 0.6 is 0 Å². The molecule has 2 amide bonds. The summed E-state index contributed by atoms with van der Waals surface area (Å²) < 4.78 is 5.31. The quantitative estimate of drug-likeness (QED) is 0.714. The fourth-order valence-corrected chi connectivity index (χ4v) is 1.87. The Morgan fingerprint density at radius 2 is 2.00 bits per heavy atom. The summed E-state index contributed by atoms with van der Waals surface area (Å²) in [7, 11) is 0. The fraction of sp³-hybridized carbons (Fsp3) is 0.571. The first kappa shape index (κ1) is 16.1. The van der Waals surface area contributed by atoms with Crippen LogP contribution in [0.1, 0.15) is 31.8 Å². The van der Waals surface area contributed by atoms with Gasteiger partial charge in [0.15, 0.2) is 0 Å². The molecule has 0 aliphatic carbocycles. The average Bonchev–Trinajstić information content (AvgIpc) is 2.77. The van der Waals surface area contributed by atoms with E-state index in [1.165, 1.54) is 0 Å². The second kappa shape index (κ2) is 7.57. The van der Waals surface area contributed by atoms with Crippen molar-refractivity contribution >= 4 is 12.0 Å². The van der Waals surface area contributed by atoms with Crippen molar-refractivity contribution in [2.45, 2.75) is 33.7 Å². The zero-order valence-corrected chi connectivity index (χ0v) is 12.1. The first-order valence-electron chi connectivity index (χ1n) is 6.68. The standard InChI is InChI=1S/C14H22N2O4/c1-9(2)6-11(13(17)18)7-15-14(19)16-8-12-5-4-10(3)20-12/h4-5,9,11H,6-8H2,1-3H3,(H,17,18)(H2,15,16,19). The Balaban J connectivity index is 2.32. The maximum Gasteiger partial charge on any atom is 0.315 e. The maximum atomic E-state index is 11.6. The summed E-state index contributed by atoms with van der Waals surface area (Å²) in [6.07, 6.45) is 0.535. The molecular formula is C14H22N2O4. The van der Waals surface area contributed by atoms with Gasteiger partial charge in [-0.15, -0.1) is 0 Å². The summed E-state index contributed by atoms with van der Waals surface area (Å²) in [6.45, 7) is 6.13. The van der Waals surface area contributed by atoms with E-state index in [4.69, 9.17) is 9.52 Å².